The van der Waals surface area contributed by atoms with Crippen LogP contribution in [0.2, 0.25) is 0 Å². The molecule has 0 unspecified atom stereocenters. The largest absolute Gasteiger partial charge is 0.481 e. The molecule has 1 saturated carbocycles. The molecule has 118 valence electrons. The first-order valence-corrected chi connectivity index (χ1v) is 7.21. The van der Waals surface area contributed by atoms with Crippen molar-refractivity contribution in [3.8, 4) is 0 Å². The highest BCUT2D eigenvalue weighted by atomic mass is 16.4. The van der Waals surface area contributed by atoms with Gasteiger partial charge in [-0.05, 0) is 24.7 Å². The second-order valence-electron chi connectivity index (χ2n) is 6.03. The van der Waals surface area contributed by atoms with Crippen molar-refractivity contribution in [3.63, 3.8) is 0 Å². The van der Waals surface area contributed by atoms with E-state index in [0.717, 1.165) is 23.6 Å². The Morgan fingerprint density at radius 3 is 2.55 bits per heavy atom. The highest BCUT2D eigenvalue weighted by Crippen LogP contribution is 2.44. The Hall–Kier alpha value is -2.38. The quantitative estimate of drug-likeness (QED) is 0.763. The molecule has 0 aromatic carbocycles. The van der Waals surface area contributed by atoms with Crippen LogP contribution in [0.4, 0.5) is 0 Å². The lowest BCUT2D eigenvalue weighted by molar-refractivity contribution is -0.142. The Balaban J connectivity index is 1.87. The molecular weight excluding hydrogens is 290 g/mol. The van der Waals surface area contributed by atoms with E-state index in [4.69, 9.17) is 0 Å². The molecule has 0 radical (unpaired) electrons. The van der Waals surface area contributed by atoms with Gasteiger partial charge in [-0.15, -0.1) is 0 Å². The Bertz CT molecular complexity index is 746. The normalized spacial score (nSPS) is 24.5. The number of amides is 1. The molecule has 1 saturated heterocycles. The topological polar surface area (TPSA) is 112 Å². The summed E-state index contributed by atoms with van der Waals surface area (Å²) in [5.74, 6) is -1.69. The lowest BCUT2D eigenvalue weighted by Crippen LogP contribution is -2.40. The number of likely N-dealkylation sites (tertiary alicyclic amines) is 1. The molecule has 1 aliphatic heterocycles. The van der Waals surface area contributed by atoms with Gasteiger partial charge in [0.15, 0.2) is 0 Å². The molecule has 22 heavy (non-hydrogen) atoms. The lowest BCUT2D eigenvalue weighted by Gasteiger charge is -2.16. The number of carbonyl (C=O) groups excluding carboxylic acids is 1. The summed E-state index contributed by atoms with van der Waals surface area (Å²) < 4.78 is 0.830. The Morgan fingerprint density at radius 2 is 1.95 bits per heavy atom. The van der Waals surface area contributed by atoms with Crippen molar-refractivity contribution in [1.29, 1.82) is 0 Å². The number of carboxylic acid groups (broad SMARTS) is 1. The van der Waals surface area contributed by atoms with Gasteiger partial charge in [0.1, 0.15) is 5.56 Å². The summed E-state index contributed by atoms with van der Waals surface area (Å²) in [6.07, 6.45) is 3.10. The average molecular weight is 307 g/mol. The molecule has 2 atom stereocenters. The Kier molecular flexibility index (Phi) is 3.38. The lowest BCUT2D eigenvalue weighted by atomic mass is 9.92. The molecule has 1 amide bonds. The molecule has 2 fully saturated rings. The van der Waals surface area contributed by atoms with Gasteiger partial charge in [0.05, 0.1) is 5.92 Å². The van der Waals surface area contributed by atoms with Gasteiger partial charge >= 0.3 is 11.7 Å². The van der Waals surface area contributed by atoms with E-state index < -0.39 is 29.0 Å². The molecule has 1 aromatic heterocycles. The minimum Gasteiger partial charge on any atom is -0.481 e. The maximum absolute atomic E-state index is 12.5. The fourth-order valence-corrected chi connectivity index (χ4v) is 3.15. The van der Waals surface area contributed by atoms with Crippen molar-refractivity contribution >= 4 is 11.9 Å². The van der Waals surface area contributed by atoms with Crippen molar-refractivity contribution in [1.82, 2.24) is 14.5 Å². The molecule has 8 nitrogen and oxygen atoms in total. The van der Waals surface area contributed by atoms with E-state index in [1.807, 2.05) is 0 Å². The number of aliphatic carboxylic acids is 1. The molecular formula is C14H17N3O5. The van der Waals surface area contributed by atoms with Crippen LogP contribution in [0.25, 0.3) is 0 Å². The molecule has 2 heterocycles. The number of carbonyl (C=O) groups is 2. The maximum Gasteiger partial charge on any atom is 0.328 e. The first kappa shape index (κ1) is 14.6. The minimum absolute atomic E-state index is 0.0481. The number of aromatic amines is 1. The number of aromatic nitrogens is 2. The molecule has 0 spiro atoms. The van der Waals surface area contributed by atoms with Crippen molar-refractivity contribution in [3.05, 3.63) is 32.6 Å². The first-order chi connectivity index (χ1) is 10.4. The monoisotopic (exact) mass is 307 g/mol. The van der Waals surface area contributed by atoms with Crippen LogP contribution in [0.15, 0.2) is 15.8 Å². The number of carboxylic acids is 1. The van der Waals surface area contributed by atoms with Crippen LogP contribution in [-0.2, 0) is 11.8 Å². The highest BCUT2D eigenvalue weighted by molar-refractivity contribution is 5.94. The van der Waals surface area contributed by atoms with E-state index >= 15 is 0 Å². The average Bonchev–Trinajstić information content (AvgIpc) is 3.22. The van der Waals surface area contributed by atoms with Gasteiger partial charge in [0.2, 0.25) is 0 Å². The van der Waals surface area contributed by atoms with Gasteiger partial charge in [0.25, 0.3) is 11.5 Å². The number of rotatable bonds is 3. The van der Waals surface area contributed by atoms with Crippen molar-refractivity contribution < 1.29 is 14.7 Å². The fourth-order valence-electron chi connectivity index (χ4n) is 3.15. The number of nitrogens with zero attached hydrogens (tertiary/aromatic N) is 2. The van der Waals surface area contributed by atoms with Crippen LogP contribution in [0.1, 0.15) is 23.2 Å². The van der Waals surface area contributed by atoms with Crippen LogP contribution in [0.5, 0.6) is 0 Å². The van der Waals surface area contributed by atoms with Crippen molar-refractivity contribution in [2.75, 3.05) is 13.1 Å². The van der Waals surface area contributed by atoms with E-state index in [1.165, 1.54) is 11.9 Å². The predicted molar refractivity (Wildman–Crippen MR) is 75.5 cm³/mol. The van der Waals surface area contributed by atoms with Gasteiger partial charge in [-0.1, -0.05) is 0 Å². The third kappa shape index (κ3) is 2.34. The fraction of sp³-hybridized carbons (Fsp3) is 0.571. The van der Waals surface area contributed by atoms with Gasteiger partial charge in [0, 0.05) is 26.3 Å². The van der Waals surface area contributed by atoms with Crippen LogP contribution in [0.3, 0.4) is 0 Å². The number of H-pyrrole nitrogens is 1. The van der Waals surface area contributed by atoms with Gasteiger partial charge in [-0.25, -0.2) is 4.79 Å². The van der Waals surface area contributed by atoms with E-state index in [9.17, 15) is 24.3 Å². The van der Waals surface area contributed by atoms with E-state index in [0.29, 0.717) is 12.5 Å². The summed E-state index contributed by atoms with van der Waals surface area (Å²) >= 11 is 0. The highest BCUT2D eigenvalue weighted by Gasteiger charge is 2.47. The van der Waals surface area contributed by atoms with Crippen molar-refractivity contribution in [2.24, 2.45) is 24.8 Å². The molecule has 8 heteroatoms. The molecule has 0 bridgehead atoms. The summed E-state index contributed by atoms with van der Waals surface area (Å²) in [5, 5.41) is 9.31. The molecule has 2 aliphatic rings. The van der Waals surface area contributed by atoms with E-state index in [-0.39, 0.29) is 18.0 Å². The number of hydrogen-bond donors (Lipinski definition) is 2. The van der Waals surface area contributed by atoms with Gasteiger partial charge < -0.3 is 15.0 Å². The van der Waals surface area contributed by atoms with E-state index in [2.05, 4.69) is 4.98 Å². The first-order valence-electron chi connectivity index (χ1n) is 7.21. The SMILES string of the molecule is Cn1c(=O)[nH]cc(C(=O)N2C[C@H](C(=O)O)[C@@H](C3CC3)C2)c1=O. The predicted octanol–water partition coefficient (Wildman–Crippen LogP) is -0.744. The molecule has 1 aromatic rings. The van der Waals surface area contributed by atoms with Crippen molar-refractivity contribution in [2.45, 2.75) is 12.8 Å². The van der Waals surface area contributed by atoms with E-state index in [1.54, 1.807) is 0 Å². The minimum atomic E-state index is -0.901. The molecule has 1 aliphatic carbocycles. The summed E-state index contributed by atoms with van der Waals surface area (Å²) in [7, 11) is 1.29. The number of hydrogen-bond acceptors (Lipinski definition) is 4. The number of nitrogens with one attached hydrogen (secondary N) is 1. The summed E-state index contributed by atoms with van der Waals surface area (Å²) in [4.78, 5) is 50.9. The van der Waals surface area contributed by atoms with Gasteiger partial charge in [-0.3, -0.25) is 19.0 Å². The van der Waals surface area contributed by atoms with Crippen LogP contribution in [0, 0.1) is 17.8 Å². The van der Waals surface area contributed by atoms with Crippen LogP contribution in [-0.4, -0.2) is 44.5 Å². The Morgan fingerprint density at radius 1 is 1.27 bits per heavy atom. The third-order valence-corrected chi connectivity index (χ3v) is 4.61. The zero-order chi connectivity index (χ0) is 16.0. The zero-order valence-corrected chi connectivity index (χ0v) is 12.1. The zero-order valence-electron chi connectivity index (χ0n) is 12.1. The summed E-state index contributed by atoms with van der Waals surface area (Å²) in [6.45, 7) is 0.459. The standard InChI is InChI=1S/C14H17N3O5/c1-16-11(18)8(4-15-14(16)22)12(19)17-5-9(7-2-3-7)10(6-17)13(20)21/h4,7,9-10H,2-3,5-6H2,1H3,(H,15,22)(H,20,21)/t9-,10+/m1/s1. The van der Waals surface area contributed by atoms with Gasteiger partial charge in [-0.2, -0.15) is 0 Å². The summed E-state index contributed by atoms with van der Waals surface area (Å²) in [6, 6.07) is 0. The van der Waals surface area contributed by atoms with Crippen LogP contribution < -0.4 is 11.2 Å². The Labute approximate surface area is 125 Å². The molecule has 2 N–H and O–H groups in total. The second-order valence-corrected chi connectivity index (χ2v) is 6.03. The second kappa shape index (κ2) is 5.11. The summed E-state index contributed by atoms with van der Waals surface area (Å²) in [5.41, 5.74) is -1.40. The molecule has 3 rings (SSSR count). The van der Waals surface area contributed by atoms with Crippen LogP contribution >= 0.6 is 0 Å². The third-order valence-electron chi connectivity index (χ3n) is 4.61. The maximum atomic E-state index is 12.5. The smallest absolute Gasteiger partial charge is 0.328 e.